The molecule has 1 heterocycles. The van der Waals surface area contributed by atoms with Crippen molar-refractivity contribution in [2.45, 2.75) is 12.8 Å². The number of aliphatic hydroxyl groups is 1. The molecule has 1 aliphatic heterocycles. The lowest BCUT2D eigenvalue weighted by molar-refractivity contribution is 0.0640. The number of benzene rings is 1. The molecule has 1 aromatic rings. The first-order valence-electron chi connectivity index (χ1n) is 6.50. The monoisotopic (exact) mass is 285 g/mol. The second-order valence-corrected chi connectivity index (χ2v) is 4.86. The number of carbonyl (C=O) groups excluding carboxylic acids is 1. The standard InChI is InChI=1S/C14H17F2NO3/c1-20-11-3-2-10(15)12(13(11)16)14(19)17-6-4-9(8-18)5-7-17/h2-3,9,18H,4-8H2,1H3. The topological polar surface area (TPSA) is 49.8 Å². The Hall–Kier alpha value is -1.69. The van der Waals surface area contributed by atoms with Crippen molar-refractivity contribution in [1.29, 1.82) is 0 Å². The molecule has 0 aliphatic carbocycles. The Balaban J connectivity index is 2.21. The molecule has 0 aromatic heterocycles. The lowest BCUT2D eigenvalue weighted by Gasteiger charge is -2.31. The van der Waals surface area contributed by atoms with Crippen LogP contribution in [0.3, 0.4) is 0 Å². The van der Waals surface area contributed by atoms with Gasteiger partial charge in [-0.15, -0.1) is 0 Å². The predicted octanol–water partition coefficient (Wildman–Crippen LogP) is 1.82. The highest BCUT2D eigenvalue weighted by molar-refractivity contribution is 5.95. The van der Waals surface area contributed by atoms with Crippen molar-refractivity contribution in [3.63, 3.8) is 0 Å². The zero-order valence-electron chi connectivity index (χ0n) is 11.2. The van der Waals surface area contributed by atoms with E-state index in [1.54, 1.807) is 0 Å². The Kier molecular flexibility index (Phi) is 4.54. The summed E-state index contributed by atoms with van der Waals surface area (Å²) < 4.78 is 32.5. The van der Waals surface area contributed by atoms with Crippen LogP contribution in [-0.4, -0.2) is 42.7 Å². The normalized spacial score (nSPS) is 16.3. The molecule has 0 atom stereocenters. The summed E-state index contributed by atoms with van der Waals surface area (Å²) in [4.78, 5) is 13.6. The van der Waals surface area contributed by atoms with E-state index in [9.17, 15) is 13.6 Å². The number of amides is 1. The van der Waals surface area contributed by atoms with Gasteiger partial charge < -0.3 is 14.7 Å². The van der Waals surface area contributed by atoms with Gasteiger partial charge >= 0.3 is 0 Å². The van der Waals surface area contributed by atoms with Gasteiger partial charge in [0.2, 0.25) is 0 Å². The lowest BCUT2D eigenvalue weighted by Crippen LogP contribution is -2.40. The van der Waals surface area contributed by atoms with E-state index < -0.39 is 23.1 Å². The van der Waals surface area contributed by atoms with Gasteiger partial charge in [-0.05, 0) is 30.9 Å². The summed E-state index contributed by atoms with van der Waals surface area (Å²) in [5.74, 6) is -2.53. The molecule has 110 valence electrons. The molecule has 6 heteroatoms. The fourth-order valence-electron chi connectivity index (χ4n) is 2.36. The number of carbonyl (C=O) groups is 1. The van der Waals surface area contributed by atoms with Crippen molar-refractivity contribution in [2.75, 3.05) is 26.8 Å². The summed E-state index contributed by atoms with van der Waals surface area (Å²) in [5, 5.41) is 9.05. The number of nitrogens with zero attached hydrogens (tertiary/aromatic N) is 1. The van der Waals surface area contributed by atoms with Crippen LogP contribution in [0.5, 0.6) is 5.75 Å². The third-order valence-electron chi connectivity index (χ3n) is 3.65. The minimum atomic E-state index is -0.971. The van der Waals surface area contributed by atoms with E-state index in [0.29, 0.717) is 25.9 Å². The van der Waals surface area contributed by atoms with Crippen molar-refractivity contribution >= 4 is 5.91 Å². The molecule has 0 unspecified atom stereocenters. The number of hydrogen-bond donors (Lipinski definition) is 1. The molecule has 1 saturated heterocycles. The van der Waals surface area contributed by atoms with Crippen LogP contribution in [-0.2, 0) is 0 Å². The highest BCUT2D eigenvalue weighted by Crippen LogP contribution is 2.26. The molecule has 1 N–H and O–H groups in total. The molecule has 1 amide bonds. The number of likely N-dealkylation sites (tertiary alicyclic amines) is 1. The van der Waals surface area contributed by atoms with Crippen LogP contribution in [0, 0.1) is 17.6 Å². The molecule has 0 radical (unpaired) electrons. The first-order valence-corrected chi connectivity index (χ1v) is 6.50. The molecule has 0 spiro atoms. The van der Waals surface area contributed by atoms with Crippen LogP contribution >= 0.6 is 0 Å². The molecule has 2 rings (SSSR count). The molecule has 0 bridgehead atoms. The van der Waals surface area contributed by atoms with E-state index in [1.165, 1.54) is 12.0 Å². The van der Waals surface area contributed by atoms with E-state index in [1.807, 2.05) is 0 Å². The maximum absolute atomic E-state index is 14.0. The van der Waals surface area contributed by atoms with E-state index >= 15 is 0 Å². The Labute approximate surface area is 116 Å². The highest BCUT2D eigenvalue weighted by atomic mass is 19.1. The fraction of sp³-hybridized carbons (Fsp3) is 0.500. The van der Waals surface area contributed by atoms with Crippen molar-refractivity contribution in [2.24, 2.45) is 5.92 Å². The van der Waals surface area contributed by atoms with Crippen LogP contribution in [0.1, 0.15) is 23.2 Å². The van der Waals surface area contributed by atoms with Crippen molar-refractivity contribution in [1.82, 2.24) is 4.90 Å². The summed E-state index contributed by atoms with van der Waals surface area (Å²) in [7, 11) is 1.26. The van der Waals surface area contributed by atoms with Gasteiger partial charge in [0.05, 0.1) is 7.11 Å². The minimum absolute atomic E-state index is 0.0733. The number of piperidine rings is 1. The van der Waals surface area contributed by atoms with Gasteiger partial charge in [0.25, 0.3) is 5.91 Å². The first-order chi connectivity index (χ1) is 9.58. The summed E-state index contributed by atoms with van der Waals surface area (Å²) in [6, 6.07) is 2.18. The Morgan fingerprint density at radius 1 is 1.40 bits per heavy atom. The zero-order chi connectivity index (χ0) is 14.7. The number of ether oxygens (including phenoxy) is 1. The number of rotatable bonds is 3. The maximum Gasteiger partial charge on any atom is 0.259 e. The predicted molar refractivity (Wildman–Crippen MR) is 68.6 cm³/mol. The maximum atomic E-state index is 14.0. The second kappa shape index (κ2) is 6.17. The second-order valence-electron chi connectivity index (χ2n) is 4.86. The van der Waals surface area contributed by atoms with Gasteiger partial charge in [0.15, 0.2) is 11.6 Å². The molecule has 4 nitrogen and oxygen atoms in total. The lowest BCUT2D eigenvalue weighted by atomic mass is 9.97. The zero-order valence-corrected chi connectivity index (χ0v) is 11.2. The average Bonchev–Trinajstić information content (AvgIpc) is 2.47. The van der Waals surface area contributed by atoms with Crippen LogP contribution in [0.25, 0.3) is 0 Å². The third kappa shape index (κ3) is 2.75. The number of aliphatic hydroxyl groups excluding tert-OH is 1. The summed E-state index contributed by atoms with van der Waals surface area (Å²) >= 11 is 0. The molecule has 1 aromatic carbocycles. The third-order valence-corrected chi connectivity index (χ3v) is 3.65. The van der Waals surface area contributed by atoms with Gasteiger partial charge in [-0.1, -0.05) is 0 Å². The SMILES string of the molecule is COc1ccc(F)c(C(=O)N2CCC(CO)CC2)c1F. The average molecular weight is 285 g/mol. The quantitative estimate of drug-likeness (QED) is 0.921. The molecular weight excluding hydrogens is 268 g/mol. The van der Waals surface area contributed by atoms with E-state index in [-0.39, 0.29) is 18.3 Å². The summed E-state index contributed by atoms with van der Waals surface area (Å²) in [6.07, 6.45) is 1.27. The fourth-order valence-corrected chi connectivity index (χ4v) is 2.36. The Morgan fingerprint density at radius 2 is 2.05 bits per heavy atom. The highest BCUT2D eigenvalue weighted by Gasteiger charge is 2.28. The first kappa shape index (κ1) is 14.7. The van der Waals surface area contributed by atoms with Crippen molar-refractivity contribution in [3.8, 4) is 5.75 Å². The Morgan fingerprint density at radius 3 is 2.60 bits per heavy atom. The van der Waals surface area contributed by atoms with Crippen LogP contribution < -0.4 is 4.74 Å². The van der Waals surface area contributed by atoms with Crippen LogP contribution in [0.15, 0.2) is 12.1 Å². The van der Waals surface area contributed by atoms with Gasteiger partial charge in [-0.3, -0.25) is 4.79 Å². The van der Waals surface area contributed by atoms with Crippen LogP contribution in [0.4, 0.5) is 8.78 Å². The molecule has 0 saturated carbocycles. The molecule has 1 fully saturated rings. The minimum Gasteiger partial charge on any atom is -0.494 e. The van der Waals surface area contributed by atoms with E-state index in [2.05, 4.69) is 0 Å². The summed E-state index contributed by atoms with van der Waals surface area (Å²) in [6.45, 7) is 0.851. The van der Waals surface area contributed by atoms with Crippen molar-refractivity contribution < 1.29 is 23.4 Å². The summed E-state index contributed by atoms with van der Waals surface area (Å²) in [5.41, 5.74) is -0.577. The molecular formula is C14H17F2NO3. The van der Waals surface area contributed by atoms with Gasteiger partial charge in [-0.2, -0.15) is 0 Å². The smallest absolute Gasteiger partial charge is 0.259 e. The van der Waals surface area contributed by atoms with Gasteiger partial charge in [0, 0.05) is 19.7 Å². The molecule has 1 aliphatic rings. The van der Waals surface area contributed by atoms with E-state index in [0.717, 1.165) is 12.1 Å². The number of methoxy groups -OCH3 is 1. The van der Waals surface area contributed by atoms with Crippen LogP contribution in [0.2, 0.25) is 0 Å². The molecule has 20 heavy (non-hydrogen) atoms. The van der Waals surface area contributed by atoms with E-state index in [4.69, 9.17) is 9.84 Å². The number of halogens is 2. The van der Waals surface area contributed by atoms with Gasteiger partial charge in [-0.25, -0.2) is 8.78 Å². The Bertz CT molecular complexity index is 499. The largest absolute Gasteiger partial charge is 0.494 e. The van der Waals surface area contributed by atoms with Crippen molar-refractivity contribution in [3.05, 3.63) is 29.3 Å². The van der Waals surface area contributed by atoms with Gasteiger partial charge in [0.1, 0.15) is 11.4 Å². The number of hydrogen-bond acceptors (Lipinski definition) is 3.